The van der Waals surface area contributed by atoms with Gasteiger partial charge in [-0.15, -0.1) is 11.3 Å². The van der Waals surface area contributed by atoms with E-state index in [9.17, 15) is 17.9 Å². The van der Waals surface area contributed by atoms with Crippen molar-refractivity contribution in [1.29, 1.82) is 0 Å². The van der Waals surface area contributed by atoms with Crippen molar-refractivity contribution in [3.63, 3.8) is 0 Å². The van der Waals surface area contributed by atoms with Crippen molar-refractivity contribution in [3.8, 4) is 28.4 Å². The minimum absolute atomic E-state index is 0.198. The lowest BCUT2D eigenvalue weighted by molar-refractivity contribution is 0.326. The third-order valence-corrected chi connectivity index (χ3v) is 9.44. The second kappa shape index (κ2) is 10.2. The van der Waals surface area contributed by atoms with Crippen molar-refractivity contribution < 1.29 is 17.9 Å². The van der Waals surface area contributed by atoms with Gasteiger partial charge in [-0.1, -0.05) is 11.6 Å². The zero-order chi connectivity index (χ0) is 27.1. The number of aromatic hydroxyl groups is 1. The lowest BCUT2D eigenvalue weighted by atomic mass is 10.1. The normalized spacial score (nSPS) is 16.5. The Morgan fingerprint density at radius 3 is 2.74 bits per heavy atom. The van der Waals surface area contributed by atoms with Crippen LogP contribution in [0.3, 0.4) is 0 Å². The Balaban J connectivity index is 1.28. The summed E-state index contributed by atoms with van der Waals surface area (Å²) in [5.74, 6) is -0.828. The van der Waals surface area contributed by atoms with Crippen molar-refractivity contribution in [2.75, 3.05) is 18.4 Å². The summed E-state index contributed by atoms with van der Waals surface area (Å²) in [6.45, 7) is 0.685. The van der Waals surface area contributed by atoms with Crippen molar-refractivity contribution in [1.82, 2.24) is 23.7 Å². The first kappa shape index (κ1) is 25.7. The van der Waals surface area contributed by atoms with Crippen LogP contribution in [-0.2, 0) is 10.0 Å². The van der Waals surface area contributed by atoms with Gasteiger partial charge in [0.1, 0.15) is 5.69 Å². The van der Waals surface area contributed by atoms with E-state index >= 15 is 0 Å². The van der Waals surface area contributed by atoms with E-state index in [-0.39, 0.29) is 17.5 Å². The zero-order valence-electron chi connectivity index (χ0n) is 20.3. The number of sulfonamides is 1. The van der Waals surface area contributed by atoms with Crippen molar-refractivity contribution in [2.45, 2.75) is 23.8 Å². The number of hydrogen-bond acceptors (Lipinski definition) is 8. The minimum atomic E-state index is -3.67. The van der Waals surface area contributed by atoms with Gasteiger partial charge in [0.2, 0.25) is 16.0 Å². The highest BCUT2D eigenvalue weighted by atomic mass is 35.5. The highest BCUT2D eigenvalue weighted by Gasteiger charge is 2.30. The Kier molecular flexibility index (Phi) is 6.71. The number of phenolic OH excluding ortho intramolecular Hbond substituents is 1. The molecule has 0 amide bonds. The van der Waals surface area contributed by atoms with Crippen LogP contribution < -0.4 is 5.32 Å². The SMILES string of the molecule is O=S(=O)(c1ccc(Cl)cc1)N1CCC[C@@H](Nc2nccc(-c3c(-c4ccc(F)c(O)c4)nc4sccn34)n2)C1. The molecule has 13 heteroatoms. The van der Waals surface area contributed by atoms with Gasteiger partial charge in [0.05, 0.1) is 16.3 Å². The van der Waals surface area contributed by atoms with Gasteiger partial charge < -0.3 is 10.4 Å². The maximum absolute atomic E-state index is 13.7. The molecule has 0 bridgehead atoms. The molecule has 0 radical (unpaired) electrons. The second-order valence-corrected chi connectivity index (χ2v) is 12.3. The van der Waals surface area contributed by atoms with E-state index in [0.29, 0.717) is 51.5 Å². The smallest absolute Gasteiger partial charge is 0.243 e. The van der Waals surface area contributed by atoms with Crippen LogP contribution in [0.1, 0.15) is 12.8 Å². The maximum atomic E-state index is 13.7. The van der Waals surface area contributed by atoms with Crippen molar-refractivity contribution in [3.05, 3.63) is 77.1 Å². The van der Waals surface area contributed by atoms with Crippen LogP contribution in [0.5, 0.6) is 5.75 Å². The van der Waals surface area contributed by atoms with Gasteiger partial charge in [-0.3, -0.25) is 4.40 Å². The predicted octanol–water partition coefficient (Wildman–Crippen LogP) is 5.28. The number of hydrogen-bond donors (Lipinski definition) is 2. The fraction of sp³-hybridized carbons (Fsp3) is 0.192. The number of halogens is 2. The molecular formula is C26H22ClFN6O3S2. The molecular weight excluding hydrogens is 563 g/mol. The number of phenols is 1. The number of nitrogens with one attached hydrogen (secondary N) is 1. The van der Waals surface area contributed by atoms with E-state index in [0.717, 1.165) is 6.42 Å². The third-order valence-electron chi connectivity index (χ3n) is 6.55. The molecule has 1 saturated heterocycles. The molecule has 200 valence electrons. The third kappa shape index (κ3) is 4.96. The number of rotatable bonds is 6. The number of piperidine rings is 1. The van der Waals surface area contributed by atoms with Crippen LogP contribution in [0.4, 0.5) is 10.3 Å². The van der Waals surface area contributed by atoms with Crippen LogP contribution in [0.25, 0.3) is 27.6 Å². The molecule has 39 heavy (non-hydrogen) atoms. The average molecular weight is 585 g/mol. The van der Waals surface area contributed by atoms with Gasteiger partial charge in [-0.25, -0.2) is 27.8 Å². The summed E-state index contributed by atoms with van der Waals surface area (Å²) in [5.41, 5.74) is 2.32. The molecule has 0 saturated carbocycles. The van der Waals surface area contributed by atoms with Crippen LogP contribution >= 0.6 is 22.9 Å². The molecule has 0 unspecified atom stereocenters. The summed E-state index contributed by atoms with van der Waals surface area (Å²) < 4.78 is 43.5. The summed E-state index contributed by atoms with van der Waals surface area (Å²) in [6, 6.07) is 11.8. The fourth-order valence-electron chi connectivity index (χ4n) is 4.67. The Morgan fingerprint density at radius 2 is 1.95 bits per heavy atom. The average Bonchev–Trinajstić information content (AvgIpc) is 3.52. The van der Waals surface area contributed by atoms with Gasteiger partial charge in [-0.2, -0.15) is 4.31 Å². The van der Waals surface area contributed by atoms with Gasteiger partial charge in [0, 0.05) is 47.5 Å². The van der Waals surface area contributed by atoms with Gasteiger partial charge >= 0.3 is 0 Å². The Morgan fingerprint density at radius 1 is 1.13 bits per heavy atom. The lowest BCUT2D eigenvalue weighted by Crippen LogP contribution is -2.45. The molecule has 2 aromatic carbocycles. The summed E-state index contributed by atoms with van der Waals surface area (Å²) in [4.78, 5) is 14.7. The summed E-state index contributed by atoms with van der Waals surface area (Å²) in [7, 11) is -3.67. The number of fused-ring (bicyclic) bond motifs is 1. The largest absolute Gasteiger partial charge is 0.505 e. The van der Waals surface area contributed by atoms with Crippen LogP contribution in [0.15, 0.2) is 71.2 Å². The molecule has 1 fully saturated rings. The van der Waals surface area contributed by atoms with E-state index in [1.165, 1.54) is 39.9 Å². The second-order valence-electron chi connectivity index (χ2n) is 9.10. The number of nitrogens with zero attached hydrogens (tertiary/aromatic N) is 5. The Labute approximate surface area is 232 Å². The van der Waals surface area contributed by atoms with Crippen molar-refractivity contribution in [2.24, 2.45) is 0 Å². The molecule has 2 N–H and O–H groups in total. The molecule has 4 heterocycles. The first-order chi connectivity index (χ1) is 18.8. The van der Waals surface area contributed by atoms with Crippen LogP contribution in [0.2, 0.25) is 5.02 Å². The molecule has 0 aliphatic carbocycles. The monoisotopic (exact) mass is 584 g/mol. The number of thiazole rings is 1. The van der Waals surface area contributed by atoms with E-state index in [2.05, 4.69) is 10.3 Å². The van der Waals surface area contributed by atoms with Crippen molar-refractivity contribution >= 4 is 43.9 Å². The van der Waals surface area contributed by atoms with E-state index in [1.54, 1.807) is 30.5 Å². The summed E-state index contributed by atoms with van der Waals surface area (Å²) in [6.07, 6.45) is 4.92. The quantitative estimate of drug-likeness (QED) is 0.279. The summed E-state index contributed by atoms with van der Waals surface area (Å²) >= 11 is 7.37. The van der Waals surface area contributed by atoms with E-state index in [4.69, 9.17) is 21.6 Å². The standard InChI is InChI=1S/C26H22ClFN6O3S2/c27-17-4-6-19(7-5-17)39(36,37)33-11-1-2-18(15-33)30-25-29-10-9-21(31-25)24-23(32-26-34(24)12-13-38-26)16-3-8-20(28)22(35)14-16/h3-10,12-14,18,35H,1-2,11,15H2,(H,29,30,31)/t18-/m1/s1. The molecule has 6 rings (SSSR count). The number of imidazole rings is 1. The first-order valence-corrected chi connectivity index (χ1v) is 14.8. The molecule has 3 aromatic heterocycles. The summed E-state index contributed by atoms with van der Waals surface area (Å²) in [5, 5.41) is 15.6. The Hall–Kier alpha value is -3.58. The molecule has 1 aliphatic rings. The number of benzene rings is 2. The Bertz CT molecular complexity index is 1770. The molecule has 5 aromatic rings. The van der Waals surface area contributed by atoms with Gasteiger partial charge in [0.15, 0.2) is 16.5 Å². The van der Waals surface area contributed by atoms with Crippen LogP contribution in [0, 0.1) is 5.82 Å². The molecule has 9 nitrogen and oxygen atoms in total. The maximum Gasteiger partial charge on any atom is 0.243 e. The first-order valence-electron chi connectivity index (χ1n) is 12.1. The minimum Gasteiger partial charge on any atom is -0.505 e. The van der Waals surface area contributed by atoms with E-state index in [1.807, 2.05) is 16.0 Å². The molecule has 1 atom stereocenters. The topological polar surface area (TPSA) is 113 Å². The highest BCUT2D eigenvalue weighted by Crippen LogP contribution is 2.35. The molecule has 1 aliphatic heterocycles. The van der Waals surface area contributed by atoms with Crippen LogP contribution in [-0.4, -0.2) is 56.3 Å². The number of anilines is 1. The van der Waals surface area contributed by atoms with Gasteiger partial charge in [-0.05, 0) is 61.4 Å². The predicted molar refractivity (Wildman–Crippen MR) is 148 cm³/mol. The zero-order valence-corrected chi connectivity index (χ0v) is 22.7. The van der Waals surface area contributed by atoms with Gasteiger partial charge in [0.25, 0.3) is 0 Å². The fourth-order valence-corrected chi connectivity index (χ4v) is 7.03. The molecule has 0 spiro atoms. The lowest BCUT2D eigenvalue weighted by Gasteiger charge is -2.32. The number of aromatic nitrogens is 4. The van der Waals surface area contributed by atoms with E-state index < -0.39 is 21.6 Å². The highest BCUT2D eigenvalue weighted by molar-refractivity contribution is 7.89.